The molecule has 3 heterocycles. The number of piperidine rings is 1. The predicted molar refractivity (Wildman–Crippen MR) is 102 cm³/mol. The van der Waals surface area contributed by atoms with Gasteiger partial charge in [-0.25, -0.2) is 9.37 Å². The molecular weight excluding hydrogens is 371 g/mol. The van der Waals surface area contributed by atoms with E-state index in [4.69, 9.17) is 11.6 Å². The average Bonchev–Trinajstić information content (AvgIpc) is 2.98. The molecule has 6 nitrogen and oxygen atoms in total. The quantitative estimate of drug-likeness (QED) is 0.746. The Bertz CT molecular complexity index is 1040. The normalized spacial score (nSPS) is 17.5. The zero-order valence-corrected chi connectivity index (χ0v) is 15.7. The minimum atomic E-state index is -0.922. The first-order valence-electron chi connectivity index (χ1n) is 8.80. The van der Waals surface area contributed by atoms with Crippen molar-refractivity contribution < 1.29 is 9.50 Å². The van der Waals surface area contributed by atoms with Gasteiger partial charge < -0.3 is 10.0 Å². The van der Waals surface area contributed by atoms with E-state index in [9.17, 15) is 14.3 Å². The molecule has 0 radical (unpaired) electrons. The zero-order valence-electron chi connectivity index (χ0n) is 14.9. The molecule has 0 bridgehead atoms. The number of hydrogen-bond donors (Lipinski definition) is 1. The topological polar surface area (TPSA) is 63.3 Å². The molecule has 2 aromatic heterocycles. The Morgan fingerprint density at radius 1 is 1.26 bits per heavy atom. The minimum Gasteiger partial charge on any atom is -0.388 e. The van der Waals surface area contributed by atoms with Gasteiger partial charge in [0.05, 0.1) is 17.5 Å². The van der Waals surface area contributed by atoms with Crippen LogP contribution in [-0.4, -0.2) is 49.9 Å². The molecule has 4 rings (SSSR count). The molecule has 0 amide bonds. The van der Waals surface area contributed by atoms with Crippen molar-refractivity contribution in [2.75, 3.05) is 20.1 Å². The van der Waals surface area contributed by atoms with Gasteiger partial charge in [-0.15, -0.1) is 0 Å². The number of halogens is 2. The van der Waals surface area contributed by atoms with Crippen LogP contribution >= 0.6 is 11.6 Å². The number of aliphatic hydroxyl groups is 1. The van der Waals surface area contributed by atoms with E-state index in [-0.39, 0.29) is 17.9 Å². The summed E-state index contributed by atoms with van der Waals surface area (Å²) in [5.74, 6) is -0.354. The van der Waals surface area contributed by atoms with E-state index in [2.05, 4.69) is 9.88 Å². The molecule has 142 valence electrons. The van der Waals surface area contributed by atoms with Gasteiger partial charge in [-0.05, 0) is 50.2 Å². The number of fused-ring (bicyclic) bond motifs is 1. The van der Waals surface area contributed by atoms with Crippen molar-refractivity contribution in [2.45, 2.75) is 25.0 Å². The van der Waals surface area contributed by atoms with E-state index in [0.29, 0.717) is 34.7 Å². The molecule has 0 unspecified atom stereocenters. The van der Waals surface area contributed by atoms with E-state index < -0.39 is 5.60 Å². The van der Waals surface area contributed by atoms with Crippen LogP contribution in [0.15, 0.2) is 41.5 Å². The van der Waals surface area contributed by atoms with Crippen molar-refractivity contribution in [1.29, 1.82) is 0 Å². The monoisotopic (exact) mass is 390 g/mol. The van der Waals surface area contributed by atoms with Gasteiger partial charge in [-0.1, -0.05) is 11.6 Å². The first-order valence-corrected chi connectivity index (χ1v) is 9.17. The van der Waals surface area contributed by atoms with Crippen LogP contribution in [0.2, 0.25) is 5.15 Å². The summed E-state index contributed by atoms with van der Waals surface area (Å²) < 4.78 is 16.3. The van der Waals surface area contributed by atoms with Gasteiger partial charge >= 0.3 is 0 Å². The zero-order chi connectivity index (χ0) is 19.2. The summed E-state index contributed by atoms with van der Waals surface area (Å²) >= 11 is 6.33. The fourth-order valence-corrected chi connectivity index (χ4v) is 3.83. The van der Waals surface area contributed by atoms with E-state index >= 15 is 0 Å². The second-order valence-corrected chi connectivity index (χ2v) is 7.61. The van der Waals surface area contributed by atoms with Crippen LogP contribution in [0.3, 0.4) is 0 Å². The Kier molecular flexibility index (Phi) is 4.53. The van der Waals surface area contributed by atoms with Crippen LogP contribution in [0, 0.1) is 5.82 Å². The average molecular weight is 391 g/mol. The lowest BCUT2D eigenvalue weighted by atomic mass is 9.91. The van der Waals surface area contributed by atoms with Crippen molar-refractivity contribution in [3.63, 3.8) is 0 Å². The Labute approximate surface area is 160 Å². The first kappa shape index (κ1) is 18.2. The molecule has 1 aliphatic heterocycles. The molecule has 27 heavy (non-hydrogen) atoms. The van der Waals surface area contributed by atoms with Crippen LogP contribution in [0.5, 0.6) is 0 Å². The third kappa shape index (κ3) is 3.38. The Hall–Kier alpha value is -2.22. The summed E-state index contributed by atoms with van der Waals surface area (Å²) in [6.45, 7) is 1.77. The SMILES string of the molecule is CN1CCC(O)(Cn2cnc3c(cc(Cl)n3-c3ccc(F)cc3)c2=O)CC1. The van der Waals surface area contributed by atoms with Gasteiger partial charge in [0.1, 0.15) is 17.3 Å². The Morgan fingerprint density at radius 2 is 1.93 bits per heavy atom. The Balaban J connectivity index is 1.73. The largest absolute Gasteiger partial charge is 0.388 e. The molecule has 1 fully saturated rings. The highest BCUT2D eigenvalue weighted by Crippen LogP contribution is 2.26. The highest BCUT2D eigenvalue weighted by molar-refractivity contribution is 6.31. The lowest BCUT2D eigenvalue weighted by Gasteiger charge is -2.36. The maximum Gasteiger partial charge on any atom is 0.262 e. The van der Waals surface area contributed by atoms with E-state index in [1.54, 1.807) is 22.8 Å². The van der Waals surface area contributed by atoms with Crippen molar-refractivity contribution in [3.8, 4) is 5.69 Å². The van der Waals surface area contributed by atoms with Crippen molar-refractivity contribution in [1.82, 2.24) is 19.0 Å². The number of aromatic nitrogens is 3. The summed E-state index contributed by atoms with van der Waals surface area (Å²) in [5, 5.41) is 11.5. The molecular formula is C19H20ClFN4O2. The molecule has 1 aromatic carbocycles. The smallest absolute Gasteiger partial charge is 0.262 e. The third-order valence-corrected chi connectivity index (χ3v) is 5.49. The van der Waals surface area contributed by atoms with Gasteiger partial charge in [-0.3, -0.25) is 13.9 Å². The first-order chi connectivity index (χ1) is 12.9. The Morgan fingerprint density at radius 3 is 2.59 bits per heavy atom. The van der Waals surface area contributed by atoms with E-state index in [1.165, 1.54) is 23.0 Å². The molecule has 0 spiro atoms. The highest BCUT2D eigenvalue weighted by atomic mass is 35.5. The van der Waals surface area contributed by atoms with Gasteiger partial charge in [0.25, 0.3) is 5.56 Å². The summed E-state index contributed by atoms with van der Waals surface area (Å²) in [5.41, 5.74) is -0.150. The summed E-state index contributed by atoms with van der Waals surface area (Å²) in [6, 6.07) is 7.37. The fraction of sp³-hybridized carbons (Fsp3) is 0.368. The van der Waals surface area contributed by atoms with Gasteiger partial charge in [-0.2, -0.15) is 0 Å². The minimum absolute atomic E-state index is 0.196. The number of likely N-dealkylation sites (tertiary alicyclic amines) is 1. The standard InChI is InChI=1S/C19H20ClFN4O2/c1-23-8-6-19(27,7-9-23)11-24-12-22-17-15(18(24)26)10-16(20)25(17)14-4-2-13(21)3-5-14/h2-5,10,12,27H,6-9,11H2,1H3. The molecule has 1 aliphatic rings. The van der Waals surface area contributed by atoms with Gasteiger partial charge in [0, 0.05) is 18.8 Å². The maximum absolute atomic E-state index is 13.2. The summed E-state index contributed by atoms with van der Waals surface area (Å²) in [6.07, 6.45) is 2.65. The summed E-state index contributed by atoms with van der Waals surface area (Å²) in [4.78, 5) is 19.5. The van der Waals surface area contributed by atoms with Crippen LogP contribution in [0.1, 0.15) is 12.8 Å². The van der Waals surface area contributed by atoms with Crippen molar-refractivity contribution >= 4 is 22.6 Å². The predicted octanol–water partition coefficient (Wildman–Crippen LogP) is 2.44. The van der Waals surface area contributed by atoms with Crippen LogP contribution < -0.4 is 5.56 Å². The molecule has 1 N–H and O–H groups in total. The number of hydrogen-bond acceptors (Lipinski definition) is 4. The lowest BCUT2D eigenvalue weighted by Crippen LogP contribution is -2.46. The molecule has 8 heteroatoms. The maximum atomic E-state index is 13.2. The van der Waals surface area contributed by atoms with Crippen LogP contribution in [0.25, 0.3) is 16.7 Å². The van der Waals surface area contributed by atoms with Crippen LogP contribution in [0.4, 0.5) is 4.39 Å². The fourth-order valence-electron chi connectivity index (χ4n) is 3.54. The second kappa shape index (κ2) is 6.74. The van der Waals surface area contributed by atoms with E-state index in [1.807, 2.05) is 7.05 Å². The van der Waals surface area contributed by atoms with Crippen molar-refractivity contribution in [2.24, 2.45) is 0 Å². The number of nitrogens with zero attached hydrogens (tertiary/aromatic N) is 4. The molecule has 0 aliphatic carbocycles. The summed E-state index contributed by atoms with van der Waals surface area (Å²) in [7, 11) is 2.01. The number of rotatable bonds is 3. The molecule has 1 saturated heterocycles. The van der Waals surface area contributed by atoms with Crippen molar-refractivity contribution in [3.05, 3.63) is 58.0 Å². The van der Waals surface area contributed by atoms with Crippen LogP contribution in [-0.2, 0) is 6.54 Å². The number of benzene rings is 1. The van der Waals surface area contributed by atoms with E-state index in [0.717, 1.165) is 13.1 Å². The van der Waals surface area contributed by atoms with Gasteiger partial charge in [0.15, 0.2) is 5.65 Å². The highest BCUT2D eigenvalue weighted by Gasteiger charge is 2.32. The van der Waals surface area contributed by atoms with Gasteiger partial charge in [0.2, 0.25) is 0 Å². The lowest BCUT2D eigenvalue weighted by molar-refractivity contribution is -0.0298. The molecule has 3 aromatic rings. The second-order valence-electron chi connectivity index (χ2n) is 7.22. The third-order valence-electron chi connectivity index (χ3n) is 5.21. The molecule has 0 saturated carbocycles. The molecule has 0 atom stereocenters.